The number of rotatable bonds is 4. The summed E-state index contributed by atoms with van der Waals surface area (Å²) in [6.45, 7) is 0.801. The van der Waals surface area contributed by atoms with Crippen LogP contribution in [0.1, 0.15) is 18.4 Å². The van der Waals surface area contributed by atoms with Crippen molar-refractivity contribution in [2.75, 3.05) is 20.3 Å². The predicted octanol–water partition coefficient (Wildman–Crippen LogP) is 2.26. The smallest absolute Gasteiger partial charge is 0.310 e. The summed E-state index contributed by atoms with van der Waals surface area (Å²) < 4.78 is 24.2. The van der Waals surface area contributed by atoms with E-state index in [9.17, 15) is 14.3 Å². The Morgan fingerprint density at radius 1 is 1.47 bits per heavy atom. The van der Waals surface area contributed by atoms with E-state index < -0.39 is 17.2 Å². The first-order valence-corrected chi connectivity index (χ1v) is 6.21. The third-order valence-electron chi connectivity index (χ3n) is 3.70. The first-order valence-electron chi connectivity index (χ1n) is 6.21. The summed E-state index contributed by atoms with van der Waals surface area (Å²) in [7, 11) is 1.39. The minimum atomic E-state index is -0.939. The number of methoxy groups -OCH3 is 1. The topological polar surface area (TPSA) is 55.8 Å². The van der Waals surface area contributed by atoms with Crippen LogP contribution in [-0.4, -0.2) is 31.4 Å². The number of ether oxygens (including phenoxy) is 2. The molecule has 0 saturated carbocycles. The first-order chi connectivity index (χ1) is 9.09. The fraction of sp³-hybridized carbons (Fsp3) is 0.500. The van der Waals surface area contributed by atoms with Gasteiger partial charge in [0.15, 0.2) is 11.6 Å². The van der Waals surface area contributed by atoms with Crippen LogP contribution in [-0.2, 0) is 16.0 Å². The number of carbonyl (C=O) groups is 1. The molecule has 19 heavy (non-hydrogen) atoms. The van der Waals surface area contributed by atoms with E-state index >= 15 is 0 Å². The third kappa shape index (κ3) is 2.71. The largest absolute Gasteiger partial charge is 0.494 e. The van der Waals surface area contributed by atoms with Crippen molar-refractivity contribution in [2.45, 2.75) is 19.3 Å². The number of carboxylic acid groups (broad SMARTS) is 1. The Morgan fingerprint density at radius 2 is 2.16 bits per heavy atom. The second-order valence-electron chi connectivity index (χ2n) is 4.81. The van der Waals surface area contributed by atoms with E-state index in [0.717, 1.165) is 0 Å². The van der Waals surface area contributed by atoms with Crippen molar-refractivity contribution >= 4 is 5.97 Å². The van der Waals surface area contributed by atoms with Gasteiger partial charge < -0.3 is 14.6 Å². The molecule has 1 aliphatic heterocycles. The van der Waals surface area contributed by atoms with Gasteiger partial charge in [0.05, 0.1) is 12.5 Å². The van der Waals surface area contributed by atoms with Gasteiger partial charge in [-0.05, 0) is 30.9 Å². The summed E-state index contributed by atoms with van der Waals surface area (Å²) in [5.74, 6) is -1.22. The van der Waals surface area contributed by atoms with E-state index in [1.165, 1.54) is 13.2 Å². The van der Waals surface area contributed by atoms with Crippen molar-refractivity contribution in [3.63, 3.8) is 0 Å². The Bertz CT molecular complexity index is 467. The summed E-state index contributed by atoms with van der Waals surface area (Å²) in [5, 5.41) is 9.46. The molecule has 2 rings (SSSR count). The quantitative estimate of drug-likeness (QED) is 0.910. The predicted molar refractivity (Wildman–Crippen MR) is 66.8 cm³/mol. The van der Waals surface area contributed by atoms with Crippen molar-refractivity contribution < 1.29 is 23.8 Å². The van der Waals surface area contributed by atoms with Gasteiger partial charge in [0.25, 0.3) is 0 Å². The fourth-order valence-electron chi connectivity index (χ4n) is 2.44. The standard InChI is InChI=1S/C14H17FO4/c1-18-11-4-2-3-10(12(11)15)9-14(13(16)17)5-7-19-8-6-14/h2-4H,5-9H2,1H3,(H,16,17). The van der Waals surface area contributed by atoms with Crippen molar-refractivity contribution in [3.05, 3.63) is 29.6 Å². The van der Waals surface area contributed by atoms with Crippen LogP contribution in [0.2, 0.25) is 0 Å². The van der Waals surface area contributed by atoms with E-state index in [2.05, 4.69) is 0 Å². The number of hydrogen-bond donors (Lipinski definition) is 1. The second-order valence-corrected chi connectivity index (χ2v) is 4.81. The molecule has 0 amide bonds. The maximum absolute atomic E-state index is 14.1. The molecule has 0 unspecified atom stereocenters. The van der Waals surface area contributed by atoms with Gasteiger partial charge in [-0.2, -0.15) is 0 Å². The number of carboxylic acids is 1. The highest BCUT2D eigenvalue weighted by Crippen LogP contribution is 2.36. The molecule has 0 aromatic heterocycles. The van der Waals surface area contributed by atoms with Crippen LogP contribution in [0.3, 0.4) is 0 Å². The number of halogens is 1. The van der Waals surface area contributed by atoms with E-state index in [-0.39, 0.29) is 12.2 Å². The molecule has 4 nitrogen and oxygen atoms in total. The highest BCUT2D eigenvalue weighted by molar-refractivity contribution is 5.75. The lowest BCUT2D eigenvalue weighted by atomic mass is 9.75. The average Bonchev–Trinajstić information content (AvgIpc) is 2.42. The molecule has 1 fully saturated rings. The molecular weight excluding hydrogens is 251 g/mol. The highest BCUT2D eigenvalue weighted by Gasteiger charge is 2.40. The molecule has 1 heterocycles. The van der Waals surface area contributed by atoms with Gasteiger partial charge in [0.1, 0.15) is 0 Å². The normalized spacial score (nSPS) is 18.0. The van der Waals surface area contributed by atoms with Crippen LogP contribution >= 0.6 is 0 Å². The van der Waals surface area contributed by atoms with Gasteiger partial charge in [-0.25, -0.2) is 4.39 Å². The second kappa shape index (κ2) is 5.57. The number of benzene rings is 1. The molecule has 0 bridgehead atoms. The lowest BCUT2D eigenvalue weighted by molar-refractivity contribution is -0.154. The lowest BCUT2D eigenvalue weighted by Crippen LogP contribution is -2.39. The van der Waals surface area contributed by atoms with E-state index in [4.69, 9.17) is 9.47 Å². The molecule has 104 valence electrons. The molecular formula is C14H17FO4. The van der Waals surface area contributed by atoms with Crippen molar-refractivity contribution in [1.82, 2.24) is 0 Å². The zero-order valence-corrected chi connectivity index (χ0v) is 10.8. The lowest BCUT2D eigenvalue weighted by Gasteiger charge is -2.33. The average molecular weight is 268 g/mol. The molecule has 1 aromatic rings. The van der Waals surface area contributed by atoms with Gasteiger partial charge in [0.2, 0.25) is 0 Å². The molecule has 1 N–H and O–H groups in total. The first kappa shape index (κ1) is 13.8. The van der Waals surface area contributed by atoms with Crippen molar-refractivity contribution in [3.8, 4) is 5.75 Å². The summed E-state index contributed by atoms with van der Waals surface area (Å²) in [4.78, 5) is 11.5. The van der Waals surface area contributed by atoms with E-state index in [0.29, 0.717) is 31.6 Å². The Balaban J connectivity index is 2.29. The monoisotopic (exact) mass is 268 g/mol. The Labute approximate surface area is 111 Å². The van der Waals surface area contributed by atoms with Crippen molar-refractivity contribution in [2.24, 2.45) is 5.41 Å². The summed E-state index contributed by atoms with van der Waals surface area (Å²) in [6, 6.07) is 4.81. The Morgan fingerprint density at radius 3 is 2.74 bits per heavy atom. The molecule has 0 aliphatic carbocycles. The van der Waals surface area contributed by atoms with Crippen LogP contribution in [0, 0.1) is 11.2 Å². The highest BCUT2D eigenvalue weighted by atomic mass is 19.1. The van der Waals surface area contributed by atoms with Crippen LogP contribution in [0.4, 0.5) is 4.39 Å². The number of hydrogen-bond acceptors (Lipinski definition) is 3. The zero-order chi connectivity index (χ0) is 13.9. The molecule has 1 aliphatic rings. The zero-order valence-electron chi connectivity index (χ0n) is 10.8. The fourth-order valence-corrected chi connectivity index (χ4v) is 2.44. The minimum Gasteiger partial charge on any atom is -0.494 e. The molecule has 1 saturated heterocycles. The van der Waals surface area contributed by atoms with Gasteiger partial charge in [-0.3, -0.25) is 4.79 Å². The maximum atomic E-state index is 14.1. The van der Waals surface area contributed by atoms with Gasteiger partial charge in [0, 0.05) is 13.2 Å². The molecule has 0 radical (unpaired) electrons. The van der Waals surface area contributed by atoms with Gasteiger partial charge in [-0.1, -0.05) is 12.1 Å². The van der Waals surface area contributed by atoms with Crippen molar-refractivity contribution in [1.29, 1.82) is 0 Å². The summed E-state index contributed by atoms with van der Waals surface area (Å²) in [6.07, 6.45) is 0.965. The third-order valence-corrected chi connectivity index (χ3v) is 3.70. The van der Waals surface area contributed by atoms with E-state index in [1.807, 2.05) is 0 Å². The Kier molecular flexibility index (Phi) is 4.04. The summed E-state index contributed by atoms with van der Waals surface area (Å²) in [5.41, 5.74) is -0.561. The number of aliphatic carboxylic acids is 1. The maximum Gasteiger partial charge on any atom is 0.310 e. The van der Waals surface area contributed by atoms with Gasteiger partial charge in [-0.15, -0.1) is 0 Å². The SMILES string of the molecule is COc1cccc(CC2(C(=O)O)CCOCC2)c1F. The molecule has 0 spiro atoms. The van der Waals surface area contributed by atoms with Crippen LogP contribution in [0.15, 0.2) is 18.2 Å². The van der Waals surface area contributed by atoms with Crippen LogP contribution < -0.4 is 4.74 Å². The molecule has 5 heteroatoms. The van der Waals surface area contributed by atoms with E-state index in [1.54, 1.807) is 12.1 Å². The van der Waals surface area contributed by atoms with Crippen LogP contribution in [0.5, 0.6) is 5.75 Å². The molecule has 0 atom stereocenters. The Hall–Kier alpha value is -1.62. The van der Waals surface area contributed by atoms with Gasteiger partial charge >= 0.3 is 5.97 Å². The summed E-state index contributed by atoms with van der Waals surface area (Å²) >= 11 is 0. The molecule has 1 aromatic carbocycles. The minimum absolute atomic E-state index is 0.144. The van der Waals surface area contributed by atoms with Crippen LogP contribution in [0.25, 0.3) is 0 Å².